The van der Waals surface area contributed by atoms with Gasteiger partial charge in [0.05, 0.1) is 11.5 Å². The van der Waals surface area contributed by atoms with Crippen LogP contribution in [0.2, 0.25) is 0 Å². The van der Waals surface area contributed by atoms with Crippen LogP contribution >= 0.6 is 15.9 Å². The molecule has 1 unspecified atom stereocenters. The van der Waals surface area contributed by atoms with Crippen LogP contribution in [0.25, 0.3) is 0 Å². The Morgan fingerprint density at radius 1 is 1.47 bits per heavy atom. The first kappa shape index (κ1) is 14.0. The van der Waals surface area contributed by atoms with Crippen LogP contribution in [0.1, 0.15) is 25.7 Å². The van der Waals surface area contributed by atoms with Crippen molar-refractivity contribution in [3.8, 4) is 5.75 Å². The van der Waals surface area contributed by atoms with Gasteiger partial charge in [0.25, 0.3) is 0 Å². The standard InChI is InChI=1S/C13H14BrNO4/c14-10-4-5-13(11(8-10)15(17)18)19-7-6-9-2-1-3-12(9)16/h4-5,8-9H,1-3,6-7H2. The van der Waals surface area contributed by atoms with E-state index in [1.807, 2.05) is 0 Å². The number of hydrogen-bond acceptors (Lipinski definition) is 4. The van der Waals surface area contributed by atoms with Crippen LogP contribution < -0.4 is 4.74 Å². The molecular weight excluding hydrogens is 314 g/mol. The molecule has 1 aliphatic rings. The molecule has 5 nitrogen and oxygen atoms in total. The molecule has 0 spiro atoms. The van der Waals surface area contributed by atoms with Crippen molar-refractivity contribution >= 4 is 27.4 Å². The summed E-state index contributed by atoms with van der Waals surface area (Å²) in [7, 11) is 0. The predicted octanol–water partition coefficient (Wildman–Crippen LogP) is 3.50. The summed E-state index contributed by atoms with van der Waals surface area (Å²) in [5.74, 6) is 0.599. The van der Waals surface area contributed by atoms with Crippen molar-refractivity contribution in [1.29, 1.82) is 0 Å². The van der Waals surface area contributed by atoms with E-state index in [0.717, 1.165) is 12.8 Å². The maximum atomic E-state index is 11.5. The normalized spacial score (nSPS) is 18.6. The number of halogens is 1. The van der Waals surface area contributed by atoms with E-state index in [2.05, 4.69) is 15.9 Å². The molecule has 2 rings (SSSR count). The van der Waals surface area contributed by atoms with E-state index in [9.17, 15) is 14.9 Å². The fourth-order valence-corrected chi connectivity index (χ4v) is 2.61. The molecule has 0 N–H and O–H groups in total. The summed E-state index contributed by atoms with van der Waals surface area (Å²) in [5.41, 5.74) is -0.0628. The lowest BCUT2D eigenvalue weighted by molar-refractivity contribution is -0.385. The third-order valence-corrected chi connectivity index (χ3v) is 3.77. The first-order valence-corrected chi connectivity index (χ1v) is 6.96. The molecule has 0 saturated heterocycles. The number of benzene rings is 1. The minimum atomic E-state index is -0.471. The minimum absolute atomic E-state index is 0.0628. The van der Waals surface area contributed by atoms with Crippen LogP contribution in [-0.2, 0) is 4.79 Å². The van der Waals surface area contributed by atoms with E-state index in [1.165, 1.54) is 6.07 Å². The summed E-state index contributed by atoms with van der Waals surface area (Å²) in [6.45, 7) is 0.332. The van der Waals surface area contributed by atoms with Crippen molar-refractivity contribution in [2.45, 2.75) is 25.7 Å². The lowest BCUT2D eigenvalue weighted by Gasteiger charge is -2.10. The summed E-state index contributed by atoms with van der Waals surface area (Å²) >= 11 is 3.19. The van der Waals surface area contributed by atoms with Gasteiger partial charge in [-0.1, -0.05) is 15.9 Å². The second-order valence-electron chi connectivity index (χ2n) is 4.56. The summed E-state index contributed by atoms with van der Waals surface area (Å²) in [4.78, 5) is 21.9. The van der Waals surface area contributed by atoms with E-state index in [-0.39, 0.29) is 23.1 Å². The second-order valence-corrected chi connectivity index (χ2v) is 5.48. The van der Waals surface area contributed by atoms with E-state index < -0.39 is 4.92 Å². The Bertz CT molecular complexity index is 503. The second kappa shape index (κ2) is 6.14. The first-order valence-electron chi connectivity index (χ1n) is 6.17. The van der Waals surface area contributed by atoms with Crippen molar-refractivity contribution in [1.82, 2.24) is 0 Å². The quantitative estimate of drug-likeness (QED) is 0.613. The van der Waals surface area contributed by atoms with Gasteiger partial charge in [0.1, 0.15) is 5.78 Å². The van der Waals surface area contributed by atoms with E-state index in [4.69, 9.17) is 4.74 Å². The van der Waals surface area contributed by atoms with Gasteiger partial charge in [0, 0.05) is 22.9 Å². The average Bonchev–Trinajstić information content (AvgIpc) is 2.77. The molecule has 6 heteroatoms. The zero-order valence-electron chi connectivity index (χ0n) is 10.3. The number of ketones is 1. The highest BCUT2D eigenvalue weighted by Crippen LogP contribution is 2.31. The average molecular weight is 328 g/mol. The zero-order valence-corrected chi connectivity index (χ0v) is 11.9. The fourth-order valence-electron chi connectivity index (χ4n) is 2.26. The Hall–Kier alpha value is -1.43. The topological polar surface area (TPSA) is 69.4 Å². The molecule has 1 saturated carbocycles. The Labute approximate surface area is 119 Å². The molecule has 1 aliphatic carbocycles. The van der Waals surface area contributed by atoms with Crippen molar-refractivity contribution in [2.24, 2.45) is 5.92 Å². The number of nitrogens with zero attached hydrogens (tertiary/aromatic N) is 1. The molecule has 0 radical (unpaired) electrons. The molecule has 0 amide bonds. The van der Waals surface area contributed by atoms with Gasteiger partial charge in [-0.05, 0) is 31.4 Å². The van der Waals surface area contributed by atoms with E-state index in [0.29, 0.717) is 23.9 Å². The molecule has 0 aliphatic heterocycles. The smallest absolute Gasteiger partial charge is 0.312 e. The number of rotatable bonds is 5. The summed E-state index contributed by atoms with van der Waals surface area (Å²) in [6, 6.07) is 4.68. The van der Waals surface area contributed by atoms with Crippen molar-refractivity contribution in [3.05, 3.63) is 32.8 Å². The van der Waals surface area contributed by atoms with Gasteiger partial charge in [0.2, 0.25) is 0 Å². The number of hydrogen-bond donors (Lipinski definition) is 0. The van der Waals surface area contributed by atoms with Gasteiger partial charge in [-0.25, -0.2) is 0 Å². The Morgan fingerprint density at radius 2 is 2.26 bits per heavy atom. The largest absolute Gasteiger partial charge is 0.487 e. The number of carbonyl (C=O) groups excluding carboxylic acids is 1. The SMILES string of the molecule is O=C1CCCC1CCOc1ccc(Br)cc1[N+](=O)[O-]. The summed E-state index contributed by atoms with van der Waals surface area (Å²) in [6.07, 6.45) is 3.14. The van der Waals surface area contributed by atoms with Gasteiger partial charge >= 0.3 is 5.69 Å². The van der Waals surface area contributed by atoms with Gasteiger partial charge in [-0.3, -0.25) is 14.9 Å². The first-order chi connectivity index (χ1) is 9.08. The van der Waals surface area contributed by atoms with Crippen molar-refractivity contribution < 1.29 is 14.5 Å². The zero-order chi connectivity index (χ0) is 13.8. The predicted molar refractivity (Wildman–Crippen MR) is 73.3 cm³/mol. The Morgan fingerprint density at radius 3 is 2.89 bits per heavy atom. The summed E-state index contributed by atoms with van der Waals surface area (Å²) < 4.78 is 6.09. The molecule has 0 bridgehead atoms. The molecule has 102 valence electrons. The molecular formula is C13H14BrNO4. The van der Waals surface area contributed by atoms with E-state index >= 15 is 0 Å². The Balaban J connectivity index is 1.95. The van der Waals surface area contributed by atoms with Crippen LogP contribution in [0, 0.1) is 16.0 Å². The maximum absolute atomic E-state index is 11.5. The van der Waals surface area contributed by atoms with Crippen molar-refractivity contribution in [3.63, 3.8) is 0 Å². The highest BCUT2D eigenvalue weighted by Gasteiger charge is 2.24. The highest BCUT2D eigenvalue weighted by atomic mass is 79.9. The van der Waals surface area contributed by atoms with Crippen LogP contribution in [0.3, 0.4) is 0 Å². The van der Waals surface area contributed by atoms with Gasteiger partial charge < -0.3 is 4.74 Å². The lowest BCUT2D eigenvalue weighted by atomic mass is 10.0. The monoisotopic (exact) mass is 327 g/mol. The van der Waals surface area contributed by atoms with Crippen molar-refractivity contribution in [2.75, 3.05) is 6.61 Å². The third-order valence-electron chi connectivity index (χ3n) is 3.27. The van der Waals surface area contributed by atoms with Gasteiger partial charge in [-0.15, -0.1) is 0 Å². The van der Waals surface area contributed by atoms with Crippen LogP contribution in [0.15, 0.2) is 22.7 Å². The number of carbonyl (C=O) groups is 1. The Kier molecular flexibility index (Phi) is 4.52. The summed E-state index contributed by atoms with van der Waals surface area (Å²) in [5, 5.41) is 10.9. The molecule has 1 fully saturated rings. The highest BCUT2D eigenvalue weighted by molar-refractivity contribution is 9.10. The molecule has 19 heavy (non-hydrogen) atoms. The van der Waals surface area contributed by atoms with Crippen LogP contribution in [-0.4, -0.2) is 17.3 Å². The molecule has 1 aromatic carbocycles. The lowest BCUT2D eigenvalue weighted by Crippen LogP contribution is -2.11. The number of Topliss-reactive ketones (excluding diaryl/α,β-unsaturated/α-hetero) is 1. The number of nitro benzene ring substituents is 1. The van der Waals surface area contributed by atoms with Crippen LogP contribution in [0.4, 0.5) is 5.69 Å². The minimum Gasteiger partial charge on any atom is -0.487 e. The van der Waals surface area contributed by atoms with E-state index in [1.54, 1.807) is 12.1 Å². The maximum Gasteiger partial charge on any atom is 0.312 e. The third kappa shape index (κ3) is 3.53. The van der Waals surface area contributed by atoms with Crippen LogP contribution in [0.5, 0.6) is 5.75 Å². The molecule has 1 aromatic rings. The van der Waals surface area contributed by atoms with Gasteiger partial charge in [-0.2, -0.15) is 0 Å². The molecule has 1 atom stereocenters. The van der Waals surface area contributed by atoms with Gasteiger partial charge in [0.15, 0.2) is 5.75 Å². The molecule has 0 aromatic heterocycles. The fraction of sp³-hybridized carbons (Fsp3) is 0.462. The molecule has 0 heterocycles. The number of ether oxygens (including phenoxy) is 1. The number of nitro groups is 1.